The Morgan fingerprint density at radius 1 is 1.37 bits per heavy atom. The normalized spacial score (nSPS) is 26.1. The Balaban J connectivity index is 1.83. The van der Waals surface area contributed by atoms with Crippen LogP contribution in [0.15, 0.2) is 36.4 Å². The number of nitrogens with one attached hydrogen (secondary N) is 1. The van der Waals surface area contributed by atoms with Crippen molar-refractivity contribution in [1.82, 2.24) is 5.32 Å². The Hall–Kier alpha value is -2.45. The maximum Gasteiger partial charge on any atom is 0.270 e. The zero-order valence-electron chi connectivity index (χ0n) is 14.4. The van der Waals surface area contributed by atoms with E-state index in [9.17, 15) is 14.5 Å². The van der Waals surface area contributed by atoms with Gasteiger partial charge < -0.3 is 10.1 Å². The molecule has 1 saturated heterocycles. The minimum atomic E-state index is -0.878. The van der Waals surface area contributed by atoms with Crippen molar-refractivity contribution >= 4 is 40.3 Å². The van der Waals surface area contributed by atoms with Crippen LogP contribution in [0.3, 0.4) is 0 Å². The molecule has 1 N–H and O–H groups in total. The van der Waals surface area contributed by atoms with Crippen molar-refractivity contribution in [3.8, 4) is 5.75 Å². The zero-order valence-corrected chi connectivity index (χ0v) is 16.0. The van der Waals surface area contributed by atoms with E-state index in [1.165, 1.54) is 24.3 Å². The second-order valence-electron chi connectivity index (χ2n) is 6.79. The second kappa shape index (κ2) is 6.03. The molecule has 140 valence electrons. The minimum Gasteiger partial charge on any atom is -0.467 e. The molecule has 0 aliphatic carbocycles. The molecule has 0 radical (unpaired) electrons. The fraction of sp³-hybridized carbons (Fsp3) is 0.278. The van der Waals surface area contributed by atoms with Gasteiger partial charge >= 0.3 is 0 Å². The number of nitro groups is 1. The molecule has 2 aromatic rings. The molecule has 2 aliphatic rings. The van der Waals surface area contributed by atoms with Crippen LogP contribution in [0.2, 0.25) is 5.02 Å². The molecule has 2 aromatic carbocycles. The maximum atomic E-state index is 13.6. The summed E-state index contributed by atoms with van der Waals surface area (Å²) in [6.45, 7) is 3.86. The number of nitrogens with zero attached hydrogens (tertiary/aromatic N) is 2. The highest BCUT2D eigenvalue weighted by Gasteiger charge is 2.54. The fourth-order valence-corrected chi connectivity index (χ4v) is 4.32. The number of hydrogen-bond donors (Lipinski definition) is 1. The van der Waals surface area contributed by atoms with Crippen molar-refractivity contribution in [2.75, 3.05) is 4.90 Å². The van der Waals surface area contributed by atoms with Crippen LogP contribution in [-0.2, 0) is 0 Å². The molecule has 0 amide bonds. The van der Waals surface area contributed by atoms with Crippen molar-refractivity contribution in [2.45, 2.75) is 25.6 Å². The van der Waals surface area contributed by atoms with Crippen molar-refractivity contribution in [3.05, 3.63) is 62.9 Å². The lowest BCUT2D eigenvalue weighted by atomic mass is 9.80. The molecule has 2 bridgehead atoms. The number of benzene rings is 2. The smallest absolute Gasteiger partial charge is 0.270 e. The van der Waals surface area contributed by atoms with E-state index in [0.29, 0.717) is 22.1 Å². The summed E-state index contributed by atoms with van der Waals surface area (Å²) in [5.74, 6) is -0.100. The number of anilines is 1. The summed E-state index contributed by atoms with van der Waals surface area (Å²) in [6.07, 6.45) is 0. The lowest BCUT2D eigenvalue weighted by molar-refractivity contribution is -0.385. The van der Waals surface area contributed by atoms with E-state index in [0.717, 1.165) is 0 Å². The van der Waals surface area contributed by atoms with Gasteiger partial charge in [0.15, 0.2) is 10.8 Å². The first-order chi connectivity index (χ1) is 12.7. The van der Waals surface area contributed by atoms with Crippen LogP contribution >= 0.6 is 23.8 Å². The highest BCUT2D eigenvalue weighted by molar-refractivity contribution is 7.80. The first kappa shape index (κ1) is 17.9. The topological polar surface area (TPSA) is 67.6 Å². The number of nitro benzene ring substituents is 1. The van der Waals surface area contributed by atoms with Gasteiger partial charge in [0, 0.05) is 29.3 Å². The molecule has 0 unspecified atom stereocenters. The molecule has 0 spiro atoms. The van der Waals surface area contributed by atoms with Crippen LogP contribution in [-0.4, -0.2) is 15.8 Å². The molecule has 3 atom stereocenters. The van der Waals surface area contributed by atoms with Crippen LogP contribution < -0.4 is 15.0 Å². The van der Waals surface area contributed by atoms with Gasteiger partial charge in [-0.3, -0.25) is 15.0 Å². The molecule has 0 saturated carbocycles. The number of fused-ring (bicyclic) bond motifs is 4. The number of halogens is 2. The van der Waals surface area contributed by atoms with E-state index in [1.54, 1.807) is 17.0 Å². The summed E-state index contributed by atoms with van der Waals surface area (Å²) in [5.41, 5.74) is 0.399. The Bertz CT molecular complexity index is 988. The van der Waals surface area contributed by atoms with Crippen LogP contribution in [0.1, 0.15) is 25.5 Å². The molecule has 27 heavy (non-hydrogen) atoms. The maximum absolute atomic E-state index is 13.6. The molecular weight excluding hydrogens is 393 g/mol. The van der Waals surface area contributed by atoms with Gasteiger partial charge in [0.25, 0.3) is 5.69 Å². The van der Waals surface area contributed by atoms with Gasteiger partial charge in [0.2, 0.25) is 0 Å². The Kier molecular flexibility index (Phi) is 4.01. The third kappa shape index (κ3) is 2.62. The highest BCUT2D eigenvalue weighted by atomic mass is 35.5. The Labute approximate surface area is 165 Å². The van der Waals surface area contributed by atoms with Gasteiger partial charge in [0.05, 0.1) is 16.0 Å². The predicted molar refractivity (Wildman–Crippen MR) is 104 cm³/mol. The summed E-state index contributed by atoms with van der Waals surface area (Å²) in [5, 5.41) is 14.7. The van der Waals surface area contributed by atoms with E-state index in [4.69, 9.17) is 28.6 Å². The van der Waals surface area contributed by atoms with Crippen LogP contribution in [0.25, 0.3) is 0 Å². The molecule has 2 aliphatic heterocycles. The fourth-order valence-electron chi connectivity index (χ4n) is 3.73. The van der Waals surface area contributed by atoms with Gasteiger partial charge in [-0.1, -0.05) is 18.5 Å². The summed E-state index contributed by atoms with van der Waals surface area (Å²) < 4.78 is 19.9. The number of rotatable bonds is 2. The van der Waals surface area contributed by atoms with Gasteiger partial charge in [-0.15, -0.1) is 0 Å². The first-order valence-corrected chi connectivity index (χ1v) is 9.04. The SMILES string of the molecule is C[C@H]1[C@H]2NC(=S)N(c3ccc(F)c(Cl)c3)[C@@]1(C)Oc1ccc([N+](=O)[O-])cc12. The van der Waals surface area contributed by atoms with Crippen LogP contribution in [0.4, 0.5) is 15.8 Å². The van der Waals surface area contributed by atoms with Crippen molar-refractivity contribution in [1.29, 1.82) is 0 Å². The summed E-state index contributed by atoms with van der Waals surface area (Å²) in [7, 11) is 0. The van der Waals surface area contributed by atoms with Crippen LogP contribution in [0.5, 0.6) is 5.75 Å². The van der Waals surface area contributed by atoms with E-state index in [2.05, 4.69) is 5.32 Å². The molecule has 2 heterocycles. The van der Waals surface area contributed by atoms with Crippen molar-refractivity contribution in [2.24, 2.45) is 5.92 Å². The van der Waals surface area contributed by atoms with Gasteiger partial charge in [-0.2, -0.15) is 0 Å². The molecule has 6 nitrogen and oxygen atoms in total. The number of ether oxygens (including phenoxy) is 1. The zero-order chi connectivity index (χ0) is 19.5. The average molecular weight is 408 g/mol. The van der Waals surface area contributed by atoms with E-state index in [1.807, 2.05) is 13.8 Å². The number of non-ortho nitro benzene ring substituents is 1. The third-order valence-corrected chi connectivity index (χ3v) is 5.88. The van der Waals surface area contributed by atoms with E-state index < -0.39 is 16.5 Å². The first-order valence-electron chi connectivity index (χ1n) is 8.25. The quantitative estimate of drug-likeness (QED) is 0.447. The minimum absolute atomic E-state index is 0.00591. The summed E-state index contributed by atoms with van der Waals surface area (Å²) in [4.78, 5) is 12.5. The van der Waals surface area contributed by atoms with Gasteiger partial charge in [0.1, 0.15) is 11.6 Å². The lowest BCUT2D eigenvalue weighted by Crippen LogP contribution is -2.69. The standard InChI is InChI=1S/C18H15ClFN3O3S/c1-9-16-12-7-11(23(24)25)4-6-15(12)26-18(9,2)22(17(27)21-16)10-3-5-14(20)13(19)8-10/h3-9,16H,1-2H3,(H,21,27)/t9-,16+,18-/m0/s1. The third-order valence-electron chi connectivity index (χ3n) is 5.29. The molecular formula is C18H15ClFN3O3S. The molecule has 0 aromatic heterocycles. The predicted octanol–water partition coefficient (Wildman–Crippen LogP) is 4.57. The van der Waals surface area contributed by atoms with E-state index >= 15 is 0 Å². The summed E-state index contributed by atoms with van der Waals surface area (Å²) in [6, 6.07) is 8.62. The molecule has 1 fully saturated rings. The lowest BCUT2D eigenvalue weighted by Gasteiger charge is -2.56. The van der Waals surface area contributed by atoms with Gasteiger partial charge in [-0.05, 0) is 43.4 Å². The summed E-state index contributed by atoms with van der Waals surface area (Å²) >= 11 is 11.5. The number of thiocarbonyl (C=S) groups is 1. The Morgan fingerprint density at radius 2 is 2.11 bits per heavy atom. The van der Waals surface area contributed by atoms with Crippen molar-refractivity contribution < 1.29 is 14.1 Å². The second-order valence-corrected chi connectivity index (χ2v) is 7.58. The van der Waals surface area contributed by atoms with E-state index in [-0.39, 0.29) is 22.7 Å². The monoisotopic (exact) mass is 407 g/mol. The van der Waals surface area contributed by atoms with Crippen molar-refractivity contribution in [3.63, 3.8) is 0 Å². The average Bonchev–Trinajstić information content (AvgIpc) is 2.60. The molecule has 4 rings (SSSR count). The largest absolute Gasteiger partial charge is 0.467 e. The number of hydrogen-bond acceptors (Lipinski definition) is 4. The highest BCUT2D eigenvalue weighted by Crippen LogP contribution is 2.50. The molecule has 9 heteroatoms. The Morgan fingerprint density at radius 3 is 2.78 bits per heavy atom. The van der Waals surface area contributed by atoms with Gasteiger partial charge in [-0.25, -0.2) is 4.39 Å². The van der Waals surface area contributed by atoms with Crippen LogP contribution in [0, 0.1) is 21.8 Å².